The molecule has 8 heteroatoms. The molecule has 0 heterocycles. The zero-order valence-electron chi connectivity index (χ0n) is 9.45. The Morgan fingerprint density at radius 3 is 1.10 bits per heavy atom. The molecule has 8 atom stereocenters. The molecule has 0 spiro atoms. The van der Waals surface area contributed by atoms with Crippen LogP contribution in [0.15, 0.2) is 0 Å². The first-order valence-corrected chi connectivity index (χ1v) is 7.57. The maximum absolute atomic E-state index is 12.0. The van der Waals surface area contributed by atoms with Gasteiger partial charge >= 0.3 is 0 Å². The van der Waals surface area contributed by atoms with Crippen molar-refractivity contribution in [2.75, 3.05) is 0 Å². The molecule has 6 saturated carbocycles. The highest BCUT2D eigenvalue weighted by atomic mass is 35.5. The van der Waals surface area contributed by atoms with E-state index < -0.39 is 54.5 Å². The normalized spacial score (nSPS) is 64.6. The second-order valence-corrected chi connectivity index (χ2v) is 7.83. The number of carbonyl (C=O) groups is 4. The molecule has 20 heavy (non-hydrogen) atoms. The van der Waals surface area contributed by atoms with Gasteiger partial charge in [-0.15, -0.1) is 0 Å². The van der Waals surface area contributed by atoms with Crippen molar-refractivity contribution in [3.63, 3.8) is 0 Å². The lowest BCUT2D eigenvalue weighted by molar-refractivity contribution is -0.673. The summed E-state index contributed by atoms with van der Waals surface area (Å²) in [5.41, 5.74) is -4.95. The van der Waals surface area contributed by atoms with E-state index in [9.17, 15) is 19.2 Å². The lowest BCUT2D eigenvalue weighted by atomic mass is 8.84. The summed E-state index contributed by atoms with van der Waals surface area (Å²) >= 11 is 22.8. The summed E-state index contributed by atoms with van der Waals surface area (Å²) in [4.78, 5) is 47.7. The number of halogens is 4. The van der Waals surface area contributed by atoms with Crippen molar-refractivity contribution in [2.24, 2.45) is 45.3 Å². The highest BCUT2D eigenvalue weighted by Crippen LogP contribution is 3.19. The molecular weight excluding hydrogens is 350 g/mol. The van der Waals surface area contributed by atoms with E-state index >= 15 is 0 Å². The average molecular weight is 354 g/mol. The molecule has 0 N–H and O–H groups in total. The fourth-order valence-electron chi connectivity index (χ4n) is 7.50. The van der Waals surface area contributed by atoms with Gasteiger partial charge in [0.2, 0.25) is 21.0 Å². The molecule has 0 saturated heterocycles. The first kappa shape index (κ1) is 12.4. The van der Waals surface area contributed by atoms with E-state index in [1.807, 2.05) is 0 Å². The molecular formula is C12H4Cl4O4. The van der Waals surface area contributed by atoms with Crippen molar-refractivity contribution >= 4 is 67.4 Å². The van der Waals surface area contributed by atoms with Gasteiger partial charge in [-0.05, 0) is 70.1 Å². The zero-order valence-corrected chi connectivity index (χ0v) is 12.5. The maximum atomic E-state index is 12.0. The molecule has 0 bridgehead atoms. The standard InChI is InChI=1S/C12H4Cl4O4/c13-5(17)9-1-2-4(9)12(8(16)20)10(2,6(14)18)3(1)11(9,12)7(15)19/h1-4H. The van der Waals surface area contributed by atoms with E-state index in [4.69, 9.17) is 46.4 Å². The van der Waals surface area contributed by atoms with Crippen LogP contribution < -0.4 is 0 Å². The third-order valence-corrected chi connectivity index (χ3v) is 8.49. The summed E-state index contributed by atoms with van der Waals surface area (Å²) in [5, 5.41) is -2.91. The van der Waals surface area contributed by atoms with Crippen LogP contribution >= 0.6 is 46.4 Å². The molecule has 0 aliphatic heterocycles. The number of hydrogen-bond donors (Lipinski definition) is 0. The lowest BCUT2D eigenvalue weighted by Gasteiger charge is -3.15. The van der Waals surface area contributed by atoms with Crippen LogP contribution in [0.1, 0.15) is 0 Å². The minimum atomic E-state index is -1.39. The first-order chi connectivity index (χ1) is 9.26. The fourth-order valence-corrected chi connectivity index (χ4v) is 9.13. The predicted molar refractivity (Wildman–Crippen MR) is 67.1 cm³/mol. The Bertz CT molecular complexity index is 660. The van der Waals surface area contributed by atoms with Crippen molar-refractivity contribution in [1.29, 1.82) is 0 Å². The first-order valence-electron chi connectivity index (χ1n) is 6.05. The largest absolute Gasteiger partial charge is 0.281 e. The van der Waals surface area contributed by atoms with E-state index in [1.165, 1.54) is 0 Å². The molecule has 6 rings (SSSR count). The highest BCUT2D eigenvalue weighted by molar-refractivity contribution is 6.74. The van der Waals surface area contributed by atoms with E-state index in [2.05, 4.69) is 0 Å². The second kappa shape index (κ2) is 2.62. The van der Waals surface area contributed by atoms with Gasteiger partial charge in [0.05, 0.1) is 21.7 Å². The molecule has 8 unspecified atom stereocenters. The van der Waals surface area contributed by atoms with Crippen LogP contribution in [0.5, 0.6) is 0 Å². The van der Waals surface area contributed by atoms with E-state index in [0.29, 0.717) is 0 Å². The summed E-state index contributed by atoms with van der Waals surface area (Å²) in [7, 11) is 0. The molecule has 4 nitrogen and oxygen atoms in total. The van der Waals surface area contributed by atoms with Crippen LogP contribution in [0.4, 0.5) is 0 Å². The van der Waals surface area contributed by atoms with Crippen LogP contribution in [0, 0.1) is 45.3 Å². The van der Waals surface area contributed by atoms with Crippen LogP contribution in [-0.4, -0.2) is 21.0 Å². The Kier molecular flexibility index (Phi) is 1.62. The molecule has 0 radical (unpaired) electrons. The molecule has 0 aromatic rings. The minimum Gasteiger partial charge on any atom is -0.281 e. The smallest absolute Gasteiger partial charge is 0.230 e. The van der Waals surface area contributed by atoms with Gasteiger partial charge in [0.15, 0.2) is 0 Å². The molecule has 0 aromatic heterocycles. The van der Waals surface area contributed by atoms with E-state index in [0.717, 1.165) is 0 Å². The van der Waals surface area contributed by atoms with Crippen molar-refractivity contribution < 1.29 is 19.2 Å². The van der Waals surface area contributed by atoms with Gasteiger partial charge < -0.3 is 0 Å². The SMILES string of the molecule is O=C(Cl)C12C3C4C1C1(C(=O)Cl)C4(C(=O)Cl)C3C21C(=O)Cl. The Labute approximate surface area is 132 Å². The van der Waals surface area contributed by atoms with Gasteiger partial charge in [-0.3, -0.25) is 19.2 Å². The Morgan fingerprint density at radius 2 is 0.900 bits per heavy atom. The summed E-state index contributed by atoms with van der Waals surface area (Å²) in [6, 6.07) is 0. The van der Waals surface area contributed by atoms with Gasteiger partial charge in [0, 0.05) is 0 Å². The van der Waals surface area contributed by atoms with Crippen molar-refractivity contribution in [3.8, 4) is 0 Å². The van der Waals surface area contributed by atoms with Gasteiger partial charge in [0.25, 0.3) is 0 Å². The molecule has 0 aromatic carbocycles. The van der Waals surface area contributed by atoms with Gasteiger partial charge in [0.1, 0.15) is 0 Å². The Balaban J connectivity index is 1.81. The number of carbonyl (C=O) groups excluding carboxylic acids is 4. The molecule has 104 valence electrons. The third-order valence-electron chi connectivity index (χ3n) is 7.27. The summed E-state index contributed by atoms with van der Waals surface area (Å²) in [5.74, 6) is -1.21. The van der Waals surface area contributed by atoms with Crippen LogP contribution in [0.2, 0.25) is 0 Å². The lowest BCUT2D eigenvalue weighted by Crippen LogP contribution is -3.21. The van der Waals surface area contributed by atoms with E-state index in [-0.39, 0.29) is 11.8 Å². The highest BCUT2D eigenvalue weighted by Gasteiger charge is 3.25. The second-order valence-electron chi connectivity index (χ2n) is 6.46. The molecule has 0 amide bonds. The van der Waals surface area contributed by atoms with Gasteiger partial charge in [-0.25, -0.2) is 0 Å². The van der Waals surface area contributed by atoms with Crippen LogP contribution in [-0.2, 0) is 19.2 Å². The van der Waals surface area contributed by atoms with Crippen molar-refractivity contribution in [1.82, 2.24) is 0 Å². The van der Waals surface area contributed by atoms with E-state index in [1.54, 1.807) is 0 Å². The molecule has 6 aliphatic rings. The topological polar surface area (TPSA) is 68.3 Å². The minimum absolute atomic E-state index is 0.152. The van der Waals surface area contributed by atoms with Crippen LogP contribution in [0.3, 0.4) is 0 Å². The van der Waals surface area contributed by atoms with Crippen molar-refractivity contribution in [2.45, 2.75) is 0 Å². The summed E-state index contributed by atoms with van der Waals surface area (Å²) in [6.07, 6.45) is 0. The Morgan fingerprint density at radius 1 is 0.600 bits per heavy atom. The average Bonchev–Trinajstić information content (AvgIpc) is 2.35. The Hall–Kier alpha value is -0.160. The van der Waals surface area contributed by atoms with Gasteiger partial charge in [-0.1, -0.05) is 0 Å². The predicted octanol–water partition coefficient (Wildman–Crippen LogP) is 1.53. The van der Waals surface area contributed by atoms with Gasteiger partial charge in [-0.2, -0.15) is 0 Å². The molecule has 6 fully saturated rings. The zero-order chi connectivity index (χ0) is 14.6. The van der Waals surface area contributed by atoms with Crippen molar-refractivity contribution in [3.05, 3.63) is 0 Å². The molecule has 6 aliphatic carbocycles. The maximum Gasteiger partial charge on any atom is 0.230 e. The van der Waals surface area contributed by atoms with Crippen LogP contribution in [0.25, 0.3) is 0 Å². The fraction of sp³-hybridized carbons (Fsp3) is 0.667. The monoisotopic (exact) mass is 352 g/mol. The summed E-state index contributed by atoms with van der Waals surface area (Å²) < 4.78 is 0. The third kappa shape index (κ3) is 0.518. The summed E-state index contributed by atoms with van der Waals surface area (Å²) in [6.45, 7) is 0. The number of hydrogen-bond acceptors (Lipinski definition) is 4. The quantitative estimate of drug-likeness (QED) is 0.719. The number of rotatable bonds is 4.